The van der Waals surface area contributed by atoms with Crippen LogP contribution < -0.4 is 5.73 Å². The van der Waals surface area contributed by atoms with Gasteiger partial charge >= 0.3 is 0 Å². The minimum atomic E-state index is -1.88. The zero-order valence-electron chi connectivity index (χ0n) is 11.0. The second kappa shape index (κ2) is 6.02. The van der Waals surface area contributed by atoms with E-state index in [1.807, 2.05) is 30.3 Å². The molecule has 1 saturated heterocycles. The quantitative estimate of drug-likeness (QED) is 0.694. The molecule has 1 aliphatic heterocycles. The molecular weight excluding hydrogens is 260 g/mol. The normalized spacial score (nSPS) is 21.5. The summed E-state index contributed by atoms with van der Waals surface area (Å²) in [5, 5.41) is 19.2. The molecule has 0 radical (unpaired) electrons. The second-order valence-corrected chi connectivity index (χ2v) is 4.89. The van der Waals surface area contributed by atoms with Crippen molar-refractivity contribution in [3.8, 4) is 0 Å². The first-order valence-corrected chi connectivity index (χ1v) is 6.53. The van der Waals surface area contributed by atoms with Gasteiger partial charge in [0, 0.05) is 6.54 Å². The molecule has 1 heterocycles. The summed E-state index contributed by atoms with van der Waals surface area (Å²) in [6, 6.07) is 9.32. The molecule has 2 amide bonds. The van der Waals surface area contributed by atoms with Crippen molar-refractivity contribution in [2.75, 3.05) is 6.54 Å². The maximum atomic E-state index is 12.2. The van der Waals surface area contributed by atoms with E-state index in [2.05, 4.69) is 0 Å². The standard InChI is InChI=1S/C14H18N2O4/c15-13(19)11(17)12(18)14(20)16-8-4-7-10(16)9-5-2-1-3-6-9/h1-3,5-6,10-12,17-18H,4,7-8H2,(H2,15,19)/t10?,11-,12-/m1/s1. The van der Waals surface area contributed by atoms with Gasteiger partial charge in [0.2, 0.25) is 5.91 Å². The Morgan fingerprint density at radius 3 is 2.45 bits per heavy atom. The number of primary amides is 1. The topological polar surface area (TPSA) is 104 Å². The summed E-state index contributed by atoms with van der Waals surface area (Å²) in [5.74, 6) is -1.77. The molecule has 1 fully saturated rings. The fourth-order valence-electron chi connectivity index (χ4n) is 2.51. The molecule has 1 aliphatic rings. The third-order valence-electron chi connectivity index (χ3n) is 3.56. The van der Waals surface area contributed by atoms with E-state index >= 15 is 0 Å². The Hall–Kier alpha value is -1.92. The monoisotopic (exact) mass is 278 g/mol. The Morgan fingerprint density at radius 2 is 1.85 bits per heavy atom. The van der Waals surface area contributed by atoms with Crippen molar-refractivity contribution < 1.29 is 19.8 Å². The molecule has 4 N–H and O–H groups in total. The number of rotatable bonds is 4. The number of hydrogen-bond donors (Lipinski definition) is 3. The van der Waals surface area contributed by atoms with Crippen LogP contribution in [0.25, 0.3) is 0 Å². The Balaban J connectivity index is 2.15. The van der Waals surface area contributed by atoms with Crippen LogP contribution in [0.15, 0.2) is 30.3 Å². The number of nitrogens with two attached hydrogens (primary N) is 1. The largest absolute Gasteiger partial charge is 0.380 e. The first-order valence-electron chi connectivity index (χ1n) is 6.53. The molecule has 0 aromatic heterocycles. The van der Waals surface area contributed by atoms with Crippen LogP contribution in [-0.2, 0) is 9.59 Å². The van der Waals surface area contributed by atoms with Crippen LogP contribution in [-0.4, -0.2) is 45.7 Å². The van der Waals surface area contributed by atoms with Crippen LogP contribution in [0.3, 0.4) is 0 Å². The summed E-state index contributed by atoms with van der Waals surface area (Å²) in [6.07, 6.45) is -2.09. The van der Waals surface area contributed by atoms with Gasteiger partial charge in [-0.25, -0.2) is 0 Å². The molecule has 20 heavy (non-hydrogen) atoms. The maximum absolute atomic E-state index is 12.2. The lowest BCUT2D eigenvalue weighted by Crippen LogP contribution is -2.49. The van der Waals surface area contributed by atoms with Gasteiger partial charge in [-0.2, -0.15) is 0 Å². The van der Waals surface area contributed by atoms with E-state index in [1.165, 1.54) is 4.90 Å². The lowest BCUT2D eigenvalue weighted by molar-refractivity contribution is -0.152. The van der Waals surface area contributed by atoms with Crippen LogP contribution >= 0.6 is 0 Å². The minimum Gasteiger partial charge on any atom is -0.380 e. The van der Waals surface area contributed by atoms with Gasteiger partial charge in [-0.3, -0.25) is 9.59 Å². The average molecular weight is 278 g/mol. The molecule has 1 aromatic carbocycles. The van der Waals surface area contributed by atoms with Crippen LogP contribution in [0.4, 0.5) is 0 Å². The van der Waals surface area contributed by atoms with E-state index in [0.717, 1.165) is 18.4 Å². The molecule has 3 atom stereocenters. The first-order chi connectivity index (χ1) is 9.52. The lowest BCUT2D eigenvalue weighted by atomic mass is 10.0. The van der Waals surface area contributed by atoms with Crippen LogP contribution in [0, 0.1) is 0 Å². The van der Waals surface area contributed by atoms with Gasteiger partial charge in [0.15, 0.2) is 12.2 Å². The molecule has 0 spiro atoms. The van der Waals surface area contributed by atoms with Crippen molar-refractivity contribution in [1.82, 2.24) is 4.90 Å². The van der Waals surface area contributed by atoms with Gasteiger partial charge < -0.3 is 20.8 Å². The lowest BCUT2D eigenvalue weighted by Gasteiger charge is -2.28. The second-order valence-electron chi connectivity index (χ2n) is 4.89. The number of amides is 2. The summed E-state index contributed by atoms with van der Waals surface area (Å²) in [6.45, 7) is 0.487. The number of aliphatic hydroxyl groups is 2. The highest BCUT2D eigenvalue weighted by Gasteiger charge is 2.37. The summed E-state index contributed by atoms with van der Waals surface area (Å²) < 4.78 is 0. The number of hydrogen-bond acceptors (Lipinski definition) is 4. The smallest absolute Gasteiger partial charge is 0.255 e. The van der Waals surface area contributed by atoms with E-state index in [0.29, 0.717) is 6.54 Å². The summed E-state index contributed by atoms with van der Waals surface area (Å²) in [4.78, 5) is 24.5. The fraction of sp³-hybridized carbons (Fsp3) is 0.429. The molecule has 2 rings (SSSR count). The van der Waals surface area contributed by atoms with Gasteiger partial charge in [-0.05, 0) is 18.4 Å². The van der Waals surface area contributed by atoms with Gasteiger partial charge in [-0.1, -0.05) is 30.3 Å². The van der Waals surface area contributed by atoms with Crippen molar-refractivity contribution in [2.45, 2.75) is 31.1 Å². The van der Waals surface area contributed by atoms with Gasteiger partial charge in [-0.15, -0.1) is 0 Å². The van der Waals surface area contributed by atoms with E-state index < -0.39 is 24.0 Å². The molecule has 0 bridgehead atoms. The first kappa shape index (κ1) is 14.5. The van der Waals surface area contributed by atoms with E-state index in [9.17, 15) is 19.8 Å². The Bertz CT molecular complexity index is 491. The highest BCUT2D eigenvalue weighted by Crippen LogP contribution is 2.32. The van der Waals surface area contributed by atoms with E-state index in [-0.39, 0.29) is 6.04 Å². The molecule has 1 unspecified atom stereocenters. The Morgan fingerprint density at radius 1 is 1.20 bits per heavy atom. The number of likely N-dealkylation sites (tertiary alicyclic amines) is 1. The van der Waals surface area contributed by atoms with Crippen LogP contribution in [0.1, 0.15) is 24.4 Å². The van der Waals surface area contributed by atoms with Crippen molar-refractivity contribution in [3.05, 3.63) is 35.9 Å². The summed E-state index contributed by atoms with van der Waals surface area (Å²) >= 11 is 0. The van der Waals surface area contributed by atoms with Crippen molar-refractivity contribution in [1.29, 1.82) is 0 Å². The van der Waals surface area contributed by atoms with E-state index in [1.54, 1.807) is 0 Å². The highest BCUT2D eigenvalue weighted by molar-refractivity contribution is 5.90. The maximum Gasteiger partial charge on any atom is 0.255 e. The van der Waals surface area contributed by atoms with Crippen molar-refractivity contribution >= 4 is 11.8 Å². The highest BCUT2D eigenvalue weighted by atomic mass is 16.3. The summed E-state index contributed by atoms with van der Waals surface area (Å²) in [7, 11) is 0. The average Bonchev–Trinajstić information content (AvgIpc) is 2.95. The van der Waals surface area contributed by atoms with Crippen LogP contribution in [0.2, 0.25) is 0 Å². The van der Waals surface area contributed by atoms with E-state index in [4.69, 9.17) is 5.73 Å². The number of aliphatic hydroxyl groups excluding tert-OH is 2. The van der Waals surface area contributed by atoms with Crippen molar-refractivity contribution in [2.24, 2.45) is 5.73 Å². The van der Waals surface area contributed by atoms with Gasteiger partial charge in [0.05, 0.1) is 6.04 Å². The van der Waals surface area contributed by atoms with Crippen molar-refractivity contribution in [3.63, 3.8) is 0 Å². The molecule has 0 aliphatic carbocycles. The predicted octanol–water partition coefficient (Wildman–Crippen LogP) is -0.443. The van der Waals surface area contributed by atoms with Gasteiger partial charge in [0.1, 0.15) is 0 Å². The molecule has 6 heteroatoms. The number of carbonyl (C=O) groups excluding carboxylic acids is 2. The zero-order chi connectivity index (χ0) is 14.7. The molecule has 6 nitrogen and oxygen atoms in total. The fourth-order valence-corrected chi connectivity index (χ4v) is 2.51. The Labute approximate surface area is 116 Å². The third-order valence-corrected chi connectivity index (χ3v) is 3.56. The number of carbonyl (C=O) groups is 2. The zero-order valence-corrected chi connectivity index (χ0v) is 11.0. The number of nitrogens with zero attached hydrogens (tertiary/aromatic N) is 1. The molecule has 108 valence electrons. The summed E-state index contributed by atoms with van der Waals surface area (Å²) in [5.41, 5.74) is 5.87. The SMILES string of the molecule is NC(=O)[C@H](O)[C@@H](O)C(=O)N1CCCC1c1ccccc1. The minimum absolute atomic E-state index is 0.140. The Kier molecular flexibility index (Phi) is 4.36. The molecule has 0 saturated carbocycles. The third kappa shape index (κ3) is 2.81. The number of benzene rings is 1. The predicted molar refractivity (Wildman–Crippen MR) is 71.3 cm³/mol. The molecular formula is C14H18N2O4. The van der Waals surface area contributed by atoms with Crippen LogP contribution in [0.5, 0.6) is 0 Å². The molecule has 1 aromatic rings. The van der Waals surface area contributed by atoms with Gasteiger partial charge in [0.25, 0.3) is 5.91 Å².